The van der Waals surface area contributed by atoms with E-state index in [-0.39, 0.29) is 37.0 Å². The molecule has 34 heavy (non-hydrogen) atoms. The van der Waals surface area contributed by atoms with Gasteiger partial charge in [-0.1, -0.05) is 0 Å². The van der Waals surface area contributed by atoms with Crippen LogP contribution in [0.15, 0.2) is 33.7 Å². The van der Waals surface area contributed by atoms with Gasteiger partial charge in [0.1, 0.15) is 17.4 Å². The van der Waals surface area contributed by atoms with Gasteiger partial charge in [0.15, 0.2) is 6.19 Å². The summed E-state index contributed by atoms with van der Waals surface area (Å²) in [7, 11) is 0. The van der Waals surface area contributed by atoms with Crippen LogP contribution in [-0.2, 0) is 9.59 Å². The second-order valence-electron chi connectivity index (χ2n) is 8.79. The average Bonchev–Trinajstić information content (AvgIpc) is 3.40. The van der Waals surface area contributed by atoms with Crippen molar-refractivity contribution in [2.24, 2.45) is 4.99 Å². The van der Waals surface area contributed by atoms with E-state index < -0.39 is 6.04 Å². The molecule has 1 aromatic carbocycles. The number of furan rings is 1. The summed E-state index contributed by atoms with van der Waals surface area (Å²) in [6.07, 6.45) is 5.60. The molecule has 0 saturated carbocycles. The number of nitrogens with one attached hydrogen (secondary N) is 2. The Morgan fingerprint density at radius 1 is 1.26 bits per heavy atom. The Bertz CT molecular complexity index is 1120. The van der Waals surface area contributed by atoms with Crippen molar-refractivity contribution in [2.75, 3.05) is 31.6 Å². The first-order chi connectivity index (χ1) is 16.5. The van der Waals surface area contributed by atoms with Crippen molar-refractivity contribution < 1.29 is 19.1 Å². The molecule has 2 aromatic rings. The SMILES string of the molecule is Cc1cc2cc(NC(=N[C@H]3CCCCN(CC(=O)N4CCC[C@@H]4CO)C3=O)NC#N)ccc2o1. The van der Waals surface area contributed by atoms with Crippen molar-refractivity contribution in [1.82, 2.24) is 15.1 Å². The van der Waals surface area contributed by atoms with E-state index in [4.69, 9.17) is 4.42 Å². The Morgan fingerprint density at radius 2 is 2.12 bits per heavy atom. The Morgan fingerprint density at radius 3 is 2.91 bits per heavy atom. The first-order valence-corrected chi connectivity index (χ1v) is 11.7. The predicted octanol–water partition coefficient (Wildman–Crippen LogP) is 1.94. The summed E-state index contributed by atoms with van der Waals surface area (Å²) in [5.41, 5.74) is 1.46. The fourth-order valence-electron chi connectivity index (χ4n) is 4.66. The summed E-state index contributed by atoms with van der Waals surface area (Å²) in [6, 6.07) is 6.57. The summed E-state index contributed by atoms with van der Waals surface area (Å²) < 4.78 is 5.60. The molecule has 10 heteroatoms. The van der Waals surface area contributed by atoms with E-state index in [0.29, 0.717) is 25.2 Å². The van der Waals surface area contributed by atoms with Gasteiger partial charge in [-0.05, 0) is 63.3 Å². The summed E-state index contributed by atoms with van der Waals surface area (Å²) >= 11 is 0. The predicted molar refractivity (Wildman–Crippen MR) is 127 cm³/mol. The maximum atomic E-state index is 13.3. The second kappa shape index (κ2) is 10.6. The number of guanidine groups is 1. The number of nitriles is 1. The minimum Gasteiger partial charge on any atom is -0.461 e. The molecule has 2 amide bonds. The summed E-state index contributed by atoms with van der Waals surface area (Å²) in [5, 5.41) is 25.3. The molecule has 0 aliphatic carbocycles. The van der Waals surface area contributed by atoms with E-state index in [1.165, 1.54) is 0 Å². The van der Waals surface area contributed by atoms with Crippen LogP contribution in [0.2, 0.25) is 0 Å². The lowest BCUT2D eigenvalue weighted by Gasteiger charge is -2.28. The van der Waals surface area contributed by atoms with Crippen LogP contribution in [0.25, 0.3) is 11.0 Å². The van der Waals surface area contributed by atoms with Crippen LogP contribution >= 0.6 is 0 Å². The van der Waals surface area contributed by atoms with Gasteiger partial charge in [0.2, 0.25) is 17.8 Å². The van der Waals surface area contributed by atoms with Crippen molar-refractivity contribution in [3.63, 3.8) is 0 Å². The Balaban J connectivity index is 1.49. The molecule has 3 N–H and O–H groups in total. The normalized spacial score (nSPS) is 21.4. The number of benzene rings is 1. The number of hydrogen-bond acceptors (Lipinski definition) is 6. The number of anilines is 1. The number of aliphatic hydroxyl groups is 1. The van der Waals surface area contributed by atoms with E-state index in [0.717, 1.165) is 42.4 Å². The van der Waals surface area contributed by atoms with Crippen LogP contribution in [0.1, 0.15) is 37.9 Å². The van der Waals surface area contributed by atoms with E-state index in [1.807, 2.05) is 37.4 Å². The molecule has 2 atom stereocenters. The smallest absolute Gasteiger partial charge is 0.247 e. The molecule has 10 nitrogen and oxygen atoms in total. The summed E-state index contributed by atoms with van der Waals surface area (Å²) in [5.74, 6) is 0.597. The van der Waals surface area contributed by atoms with Gasteiger partial charge in [-0.2, -0.15) is 5.26 Å². The zero-order valence-electron chi connectivity index (χ0n) is 19.3. The van der Waals surface area contributed by atoms with Crippen LogP contribution in [0.3, 0.4) is 0 Å². The molecule has 0 bridgehead atoms. The number of fused-ring (bicyclic) bond motifs is 1. The van der Waals surface area contributed by atoms with Crippen molar-refractivity contribution in [3.8, 4) is 6.19 Å². The average molecular weight is 467 g/mol. The first-order valence-electron chi connectivity index (χ1n) is 11.7. The third kappa shape index (κ3) is 5.31. The monoisotopic (exact) mass is 466 g/mol. The molecule has 2 aliphatic rings. The molecule has 1 aromatic heterocycles. The van der Waals surface area contributed by atoms with Gasteiger partial charge < -0.3 is 24.6 Å². The number of aliphatic imine (C=N–C) groups is 1. The largest absolute Gasteiger partial charge is 0.461 e. The maximum absolute atomic E-state index is 13.3. The number of rotatable bonds is 5. The number of nitrogens with zero attached hydrogens (tertiary/aromatic N) is 4. The third-order valence-electron chi connectivity index (χ3n) is 6.35. The van der Waals surface area contributed by atoms with E-state index in [2.05, 4.69) is 15.6 Å². The van der Waals surface area contributed by atoms with Crippen molar-refractivity contribution in [3.05, 3.63) is 30.0 Å². The van der Waals surface area contributed by atoms with Crippen molar-refractivity contribution in [2.45, 2.75) is 51.1 Å². The number of likely N-dealkylation sites (tertiary alicyclic amines) is 2. The number of aliphatic hydroxyl groups excluding tert-OH is 1. The lowest BCUT2D eigenvalue weighted by Crippen LogP contribution is -2.47. The number of aryl methyl sites for hydroxylation is 1. The minimum absolute atomic E-state index is 0.0215. The maximum Gasteiger partial charge on any atom is 0.247 e. The molecule has 0 radical (unpaired) electrons. The highest BCUT2D eigenvalue weighted by atomic mass is 16.3. The third-order valence-corrected chi connectivity index (χ3v) is 6.35. The van der Waals surface area contributed by atoms with Gasteiger partial charge in [-0.3, -0.25) is 14.9 Å². The molecule has 0 spiro atoms. The van der Waals surface area contributed by atoms with Crippen LogP contribution in [0, 0.1) is 18.4 Å². The lowest BCUT2D eigenvalue weighted by atomic mass is 10.1. The van der Waals surface area contributed by atoms with Gasteiger partial charge in [0.05, 0.1) is 19.2 Å². The molecule has 0 unspecified atom stereocenters. The fraction of sp³-hybridized carbons (Fsp3) is 0.500. The van der Waals surface area contributed by atoms with E-state index in [1.54, 1.807) is 9.80 Å². The molecule has 2 saturated heterocycles. The van der Waals surface area contributed by atoms with E-state index >= 15 is 0 Å². The van der Waals surface area contributed by atoms with Crippen LogP contribution in [-0.4, -0.2) is 71.0 Å². The van der Waals surface area contributed by atoms with E-state index in [9.17, 15) is 20.0 Å². The number of amides is 2. The first kappa shape index (κ1) is 23.6. The lowest BCUT2D eigenvalue weighted by molar-refractivity contribution is -0.141. The number of carbonyl (C=O) groups is 2. The highest BCUT2D eigenvalue weighted by Crippen LogP contribution is 2.23. The van der Waals surface area contributed by atoms with Gasteiger partial charge in [-0.25, -0.2) is 4.99 Å². The van der Waals surface area contributed by atoms with Crippen molar-refractivity contribution >= 4 is 34.4 Å². The second-order valence-corrected chi connectivity index (χ2v) is 8.79. The number of carbonyl (C=O) groups excluding carboxylic acids is 2. The van der Waals surface area contributed by atoms with Gasteiger partial charge in [-0.15, -0.1) is 0 Å². The van der Waals surface area contributed by atoms with Gasteiger partial charge in [0, 0.05) is 24.2 Å². The molecule has 180 valence electrons. The Hall–Kier alpha value is -3.58. The van der Waals surface area contributed by atoms with Gasteiger partial charge >= 0.3 is 0 Å². The van der Waals surface area contributed by atoms with Gasteiger partial charge in [0.25, 0.3) is 0 Å². The van der Waals surface area contributed by atoms with Crippen LogP contribution in [0.4, 0.5) is 5.69 Å². The molecule has 4 rings (SSSR count). The summed E-state index contributed by atoms with van der Waals surface area (Å²) in [6.45, 7) is 2.88. The summed E-state index contributed by atoms with van der Waals surface area (Å²) in [4.78, 5) is 33.9. The van der Waals surface area contributed by atoms with Crippen molar-refractivity contribution in [1.29, 1.82) is 5.26 Å². The topological polar surface area (TPSA) is 134 Å². The highest BCUT2D eigenvalue weighted by Gasteiger charge is 2.33. The molecule has 2 aliphatic heterocycles. The Kier molecular flexibility index (Phi) is 7.33. The number of hydrogen-bond donors (Lipinski definition) is 3. The quantitative estimate of drug-likeness (QED) is 0.265. The molecular formula is C24H30N6O4. The zero-order valence-corrected chi connectivity index (χ0v) is 19.3. The standard InChI is InChI=1S/C24H30N6O4/c1-16-11-17-12-18(7-8-21(17)34-16)27-24(26-15-25)28-20-6-2-3-9-29(23(20)33)13-22(32)30-10-4-5-19(30)14-31/h7-8,11-12,19-20,31H,2-6,9-10,13-14H2,1H3,(H2,26,27,28)/t19-,20+/m1/s1. The van der Waals surface area contributed by atoms with Crippen LogP contribution < -0.4 is 10.6 Å². The molecule has 2 fully saturated rings. The minimum atomic E-state index is -0.703. The zero-order chi connectivity index (χ0) is 24.1. The molecule has 3 heterocycles. The van der Waals surface area contributed by atoms with Crippen LogP contribution in [0.5, 0.6) is 0 Å². The molecular weight excluding hydrogens is 436 g/mol. The fourth-order valence-corrected chi connectivity index (χ4v) is 4.66. The highest BCUT2D eigenvalue weighted by molar-refractivity contribution is 5.98. The Labute approximate surface area is 198 Å².